The van der Waals surface area contributed by atoms with Crippen LogP contribution in [0.1, 0.15) is 17.5 Å². The summed E-state index contributed by atoms with van der Waals surface area (Å²) < 4.78 is 19.3. The topological polar surface area (TPSA) is 64.7 Å². The third-order valence-corrected chi connectivity index (χ3v) is 5.04. The van der Waals surface area contributed by atoms with Crippen LogP contribution in [0.3, 0.4) is 0 Å². The number of aromatic amines is 1. The van der Waals surface area contributed by atoms with Gasteiger partial charge in [-0.25, -0.2) is 4.39 Å². The van der Waals surface area contributed by atoms with E-state index < -0.39 is 0 Å². The normalized spacial score (nSPS) is 11.5. The molecule has 32 heavy (non-hydrogen) atoms. The van der Waals surface area contributed by atoms with Gasteiger partial charge in [0.25, 0.3) is 0 Å². The Morgan fingerprint density at radius 3 is 2.62 bits per heavy atom. The summed E-state index contributed by atoms with van der Waals surface area (Å²) in [6.07, 6.45) is 3.71. The van der Waals surface area contributed by atoms with Gasteiger partial charge in [0.05, 0.1) is 6.61 Å². The van der Waals surface area contributed by atoms with Crippen molar-refractivity contribution >= 4 is 40.8 Å². The van der Waals surface area contributed by atoms with Gasteiger partial charge in [0.15, 0.2) is 5.96 Å². The van der Waals surface area contributed by atoms with E-state index in [0.29, 0.717) is 13.1 Å². The lowest BCUT2D eigenvalue weighted by molar-refractivity contribution is 0.281. The van der Waals surface area contributed by atoms with E-state index in [1.165, 1.54) is 6.07 Å². The van der Waals surface area contributed by atoms with Crippen LogP contribution < -0.4 is 15.4 Å². The van der Waals surface area contributed by atoms with E-state index in [-0.39, 0.29) is 29.8 Å². The Labute approximate surface area is 206 Å². The van der Waals surface area contributed by atoms with Crippen LogP contribution in [0.2, 0.25) is 0 Å². The van der Waals surface area contributed by atoms with Gasteiger partial charge in [-0.05, 0) is 68.4 Å². The van der Waals surface area contributed by atoms with E-state index in [1.807, 2.05) is 18.3 Å². The van der Waals surface area contributed by atoms with Crippen LogP contribution in [-0.2, 0) is 13.0 Å². The van der Waals surface area contributed by atoms with Crippen LogP contribution >= 0.6 is 24.0 Å². The highest BCUT2D eigenvalue weighted by atomic mass is 127. The molecular formula is C24H33FIN5O. The first-order valence-electron chi connectivity index (χ1n) is 10.6. The van der Waals surface area contributed by atoms with Gasteiger partial charge in [0.2, 0.25) is 0 Å². The highest BCUT2D eigenvalue weighted by Gasteiger charge is 2.06. The first kappa shape index (κ1) is 25.9. The standard InChI is InChI=1S/C24H32FN5O.HI/c1-26-24(27-12-11-19-17-28-23-10-7-20(25)15-22(19)23)29-16-18-5-8-21(9-6-18)31-14-4-13-30(2)3;/h5-10,15,17,28H,4,11-14,16H2,1-3H3,(H2,26,27,29);1H. The van der Waals surface area contributed by atoms with E-state index in [4.69, 9.17) is 4.74 Å². The predicted molar refractivity (Wildman–Crippen MR) is 141 cm³/mol. The molecule has 0 atom stereocenters. The van der Waals surface area contributed by atoms with Gasteiger partial charge >= 0.3 is 0 Å². The monoisotopic (exact) mass is 553 g/mol. The molecule has 3 N–H and O–H groups in total. The van der Waals surface area contributed by atoms with Crippen LogP contribution in [0, 0.1) is 5.82 Å². The zero-order valence-electron chi connectivity index (χ0n) is 19.0. The molecule has 0 aliphatic heterocycles. The summed E-state index contributed by atoms with van der Waals surface area (Å²) in [4.78, 5) is 9.62. The number of aliphatic imine (C=N–C) groups is 1. The molecule has 0 unspecified atom stereocenters. The summed E-state index contributed by atoms with van der Waals surface area (Å²) in [6, 6.07) is 12.9. The molecule has 8 heteroatoms. The molecule has 0 bridgehead atoms. The number of guanidine groups is 1. The molecule has 0 spiro atoms. The third-order valence-electron chi connectivity index (χ3n) is 5.04. The summed E-state index contributed by atoms with van der Waals surface area (Å²) in [7, 11) is 5.88. The maximum Gasteiger partial charge on any atom is 0.191 e. The van der Waals surface area contributed by atoms with Crippen LogP contribution in [0.25, 0.3) is 10.9 Å². The second kappa shape index (κ2) is 13.3. The number of hydrogen-bond acceptors (Lipinski definition) is 3. The molecule has 2 aromatic carbocycles. The van der Waals surface area contributed by atoms with Crippen molar-refractivity contribution in [3.8, 4) is 5.75 Å². The minimum Gasteiger partial charge on any atom is -0.494 e. The molecule has 6 nitrogen and oxygen atoms in total. The first-order chi connectivity index (χ1) is 15.0. The highest BCUT2D eigenvalue weighted by Crippen LogP contribution is 2.19. The molecular weight excluding hydrogens is 520 g/mol. The molecule has 1 aromatic heterocycles. The molecule has 0 saturated carbocycles. The molecule has 0 amide bonds. The van der Waals surface area contributed by atoms with Crippen molar-refractivity contribution in [1.29, 1.82) is 0 Å². The van der Waals surface area contributed by atoms with Gasteiger partial charge in [-0.15, -0.1) is 24.0 Å². The summed E-state index contributed by atoms with van der Waals surface area (Å²) >= 11 is 0. The molecule has 0 saturated heterocycles. The van der Waals surface area contributed by atoms with Crippen molar-refractivity contribution in [3.05, 3.63) is 65.6 Å². The second-order valence-corrected chi connectivity index (χ2v) is 7.76. The number of hydrogen-bond donors (Lipinski definition) is 3. The fourth-order valence-electron chi connectivity index (χ4n) is 3.35. The minimum absolute atomic E-state index is 0. The van der Waals surface area contributed by atoms with E-state index in [9.17, 15) is 4.39 Å². The average Bonchev–Trinajstić information content (AvgIpc) is 3.16. The van der Waals surface area contributed by atoms with Crippen LogP contribution in [0.5, 0.6) is 5.75 Å². The van der Waals surface area contributed by atoms with Gasteiger partial charge in [-0.1, -0.05) is 12.1 Å². The van der Waals surface area contributed by atoms with Crippen molar-refractivity contribution in [2.45, 2.75) is 19.4 Å². The van der Waals surface area contributed by atoms with Gasteiger partial charge in [-0.2, -0.15) is 0 Å². The van der Waals surface area contributed by atoms with Gasteiger partial charge in [-0.3, -0.25) is 4.99 Å². The van der Waals surface area contributed by atoms with Crippen molar-refractivity contribution in [3.63, 3.8) is 0 Å². The molecule has 3 aromatic rings. The minimum atomic E-state index is -0.219. The lowest BCUT2D eigenvalue weighted by atomic mass is 10.1. The fourth-order valence-corrected chi connectivity index (χ4v) is 3.35. The summed E-state index contributed by atoms with van der Waals surface area (Å²) in [5.74, 6) is 1.40. The Balaban J connectivity index is 0.00000363. The van der Waals surface area contributed by atoms with Crippen LogP contribution in [0.4, 0.5) is 4.39 Å². The Hall–Kier alpha value is -2.33. The number of nitrogens with zero attached hydrogens (tertiary/aromatic N) is 2. The Morgan fingerprint density at radius 1 is 1.12 bits per heavy atom. The van der Waals surface area contributed by atoms with E-state index in [2.05, 4.69) is 51.7 Å². The number of fused-ring (bicyclic) bond motifs is 1. The molecule has 174 valence electrons. The number of ether oxygens (including phenoxy) is 1. The molecule has 3 rings (SSSR count). The quantitative estimate of drug-likeness (QED) is 0.153. The summed E-state index contributed by atoms with van der Waals surface area (Å²) in [5.41, 5.74) is 3.18. The number of halogens is 2. The largest absolute Gasteiger partial charge is 0.494 e. The highest BCUT2D eigenvalue weighted by molar-refractivity contribution is 14.0. The SMILES string of the molecule is CN=C(NCCc1c[nH]c2ccc(F)cc12)NCc1ccc(OCCCN(C)C)cc1.I. The van der Waals surface area contributed by atoms with Gasteiger partial charge < -0.3 is 25.3 Å². The van der Waals surface area contributed by atoms with Gasteiger partial charge in [0, 0.05) is 43.8 Å². The maximum absolute atomic E-state index is 13.5. The van der Waals surface area contributed by atoms with Crippen molar-refractivity contribution in [2.75, 3.05) is 40.8 Å². The Kier molecular flexibility index (Phi) is 10.8. The predicted octanol–water partition coefficient (Wildman–Crippen LogP) is 4.16. The molecule has 0 fully saturated rings. The number of H-pyrrole nitrogens is 1. The average molecular weight is 553 g/mol. The third kappa shape index (κ3) is 7.98. The Morgan fingerprint density at radius 2 is 1.91 bits per heavy atom. The number of nitrogens with one attached hydrogen (secondary N) is 3. The summed E-state index contributed by atoms with van der Waals surface area (Å²) in [5, 5.41) is 7.56. The zero-order chi connectivity index (χ0) is 22.1. The van der Waals surface area contributed by atoms with Crippen LogP contribution in [0.15, 0.2) is 53.7 Å². The van der Waals surface area contributed by atoms with Crippen LogP contribution in [-0.4, -0.2) is 56.7 Å². The number of aromatic nitrogens is 1. The van der Waals surface area contributed by atoms with Crippen molar-refractivity contribution < 1.29 is 9.13 Å². The zero-order valence-corrected chi connectivity index (χ0v) is 21.3. The van der Waals surface area contributed by atoms with E-state index >= 15 is 0 Å². The molecule has 0 aliphatic rings. The maximum atomic E-state index is 13.5. The Bertz CT molecular complexity index is 988. The first-order valence-corrected chi connectivity index (χ1v) is 10.6. The smallest absolute Gasteiger partial charge is 0.191 e. The van der Waals surface area contributed by atoms with Gasteiger partial charge in [0.1, 0.15) is 11.6 Å². The summed E-state index contributed by atoms with van der Waals surface area (Å²) in [6.45, 7) is 3.10. The second-order valence-electron chi connectivity index (χ2n) is 7.76. The fraction of sp³-hybridized carbons (Fsp3) is 0.375. The lowest BCUT2D eigenvalue weighted by Crippen LogP contribution is -2.37. The van der Waals surface area contributed by atoms with E-state index in [0.717, 1.165) is 59.7 Å². The van der Waals surface area contributed by atoms with Crippen molar-refractivity contribution in [1.82, 2.24) is 20.5 Å². The molecule has 0 radical (unpaired) electrons. The molecule has 1 heterocycles. The molecule has 0 aliphatic carbocycles. The number of rotatable bonds is 10. The van der Waals surface area contributed by atoms with Crippen molar-refractivity contribution in [2.24, 2.45) is 4.99 Å². The van der Waals surface area contributed by atoms with E-state index in [1.54, 1.807) is 19.2 Å². The lowest BCUT2D eigenvalue weighted by Gasteiger charge is -2.13. The number of benzene rings is 2.